The Morgan fingerprint density at radius 3 is 2.93 bits per heavy atom. The van der Waals surface area contributed by atoms with Crippen molar-refractivity contribution in [2.45, 2.75) is 25.8 Å². The highest BCUT2D eigenvalue weighted by molar-refractivity contribution is 5.87. The smallest absolute Gasteiger partial charge is 0.246 e. The maximum atomic E-state index is 11.6. The van der Waals surface area contributed by atoms with E-state index in [2.05, 4.69) is 0 Å². The van der Waals surface area contributed by atoms with Crippen LogP contribution in [0.2, 0.25) is 0 Å². The zero-order chi connectivity index (χ0) is 10.4. The summed E-state index contributed by atoms with van der Waals surface area (Å²) in [5.74, 6) is 0.0678. The lowest BCUT2D eigenvalue weighted by Crippen LogP contribution is -2.45. The normalized spacial score (nSPS) is 23.6. The Balaban J connectivity index is 2.43. The van der Waals surface area contributed by atoms with Crippen LogP contribution in [0, 0.1) is 0 Å². The van der Waals surface area contributed by atoms with Crippen LogP contribution >= 0.6 is 0 Å². The van der Waals surface area contributed by atoms with Gasteiger partial charge in [-0.1, -0.05) is 18.2 Å². The molecule has 78 valence electrons. The van der Waals surface area contributed by atoms with Crippen molar-refractivity contribution in [3.8, 4) is 0 Å². The molecule has 1 amide bonds. The number of carbonyl (C=O) groups excluding carboxylic acids is 1. The molecule has 0 aromatic carbocycles. The molecule has 2 N–H and O–H groups in total. The molecule has 0 aromatic heterocycles. The lowest BCUT2D eigenvalue weighted by atomic mass is 10.1. The molecule has 14 heavy (non-hydrogen) atoms. The molecule has 1 saturated heterocycles. The molecule has 0 saturated carbocycles. The third-order valence-corrected chi connectivity index (χ3v) is 2.31. The first kappa shape index (κ1) is 11.0. The predicted molar refractivity (Wildman–Crippen MR) is 57.7 cm³/mol. The number of nitrogens with zero attached hydrogens (tertiary/aromatic N) is 1. The molecule has 3 heteroatoms. The second-order valence-electron chi connectivity index (χ2n) is 3.57. The van der Waals surface area contributed by atoms with Crippen molar-refractivity contribution in [2.75, 3.05) is 13.1 Å². The fourth-order valence-electron chi connectivity index (χ4n) is 1.56. The first-order chi connectivity index (χ1) is 6.74. The van der Waals surface area contributed by atoms with Gasteiger partial charge in [-0.25, -0.2) is 0 Å². The van der Waals surface area contributed by atoms with Crippen LogP contribution in [0.25, 0.3) is 0 Å². The summed E-state index contributed by atoms with van der Waals surface area (Å²) in [6.45, 7) is 3.46. The predicted octanol–water partition coefficient (Wildman–Crippen LogP) is 1.07. The van der Waals surface area contributed by atoms with Crippen LogP contribution in [0.1, 0.15) is 19.8 Å². The van der Waals surface area contributed by atoms with Crippen LogP contribution < -0.4 is 5.73 Å². The van der Waals surface area contributed by atoms with Crippen molar-refractivity contribution in [3.05, 3.63) is 24.3 Å². The molecule has 1 fully saturated rings. The average Bonchev–Trinajstić information content (AvgIpc) is 2.18. The maximum absolute atomic E-state index is 11.6. The molecular formula is C11H18N2O. The molecule has 1 aliphatic rings. The molecule has 1 atom stereocenters. The van der Waals surface area contributed by atoms with Crippen LogP contribution in [0.15, 0.2) is 24.3 Å². The fraction of sp³-hybridized carbons (Fsp3) is 0.545. The number of piperidine rings is 1. The van der Waals surface area contributed by atoms with E-state index in [1.807, 2.05) is 24.0 Å². The minimum absolute atomic E-state index is 0.0678. The molecule has 1 aliphatic heterocycles. The molecule has 3 nitrogen and oxygen atoms in total. The van der Waals surface area contributed by atoms with Gasteiger partial charge in [0.25, 0.3) is 0 Å². The summed E-state index contributed by atoms with van der Waals surface area (Å²) in [6, 6.07) is 0.155. The number of hydrogen-bond donors (Lipinski definition) is 1. The quantitative estimate of drug-likeness (QED) is 0.528. The first-order valence-corrected chi connectivity index (χ1v) is 5.08. The van der Waals surface area contributed by atoms with Gasteiger partial charge in [0, 0.05) is 25.2 Å². The molecule has 0 spiro atoms. The lowest BCUT2D eigenvalue weighted by molar-refractivity contribution is -0.127. The monoisotopic (exact) mass is 194 g/mol. The Morgan fingerprint density at radius 1 is 1.50 bits per heavy atom. The highest BCUT2D eigenvalue weighted by Crippen LogP contribution is 2.08. The molecule has 0 aliphatic carbocycles. The Morgan fingerprint density at radius 2 is 2.29 bits per heavy atom. The van der Waals surface area contributed by atoms with E-state index in [1.54, 1.807) is 12.2 Å². The standard InChI is InChI=1S/C11H18N2O/c1-2-3-4-7-11(14)13-8-5-6-10(12)9-13/h2-4,7,10H,5-6,8-9,12H2,1H3/t10-/m1/s1. The van der Waals surface area contributed by atoms with E-state index in [-0.39, 0.29) is 11.9 Å². The van der Waals surface area contributed by atoms with E-state index < -0.39 is 0 Å². The second kappa shape index (κ2) is 5.60. The summed E-state index contributed by atoms with van der Waals surface area (Å²) in [6.07, 6.45) is 9.15. The summed E-state index contributed by atoms with van der Waals surface area (Å²) >= 11 is 0. The summed E-state index contributed by atoms with van der Waals surface area (Å²) in [5, 5.41) is 0. The van der Waals surface area contributed by atoms with Gasteiger partial charge in [0.2, 0.25) is 5.91 Å². The molecule has 0 bridgehead atoms. The Bertz CT molecular complexity index is 246. The third-order valence-electron chi connectivity index (χ3n) is 2.31. The number of nitrogens with two attached hydrogens (primary N) is 1. The number of allylic oxidation sites excluding steroid dienone is 3. The van der Waals surface area contributed by atoms with Crippen molar-refractivity contribution in [3.63, 3.8) is 0 Å². The van der Waals surface area contributed by atoms with Gasteiger partial charge in [-0.3, -0.25) is 4.79 Å². The van der Waals surface area contributed by atoms with Crippen LogP contribution in [-0.2, 0) is 4.79 Å². The zero-order valence-corrected chi connectivity index (χ0v) is 8.65. The van der Waals surface area contributed by atoms with E-state index in [4.69, 9.17) is 5.73 Å². The summed E-state index contributed by atoms with van der Waals surface area (Å²) in [7, 11) is 0. The first-order valence-electron chi connectivity index (χ1n) is 5.08. The van der Waals surface area contributed by atoms with Gasteiger partial charge in [-0.2, -0.15) is 0 Å². The Kier molecular flexibility index (Phi) is 4.40. The van der Waals surface area contributed by atoms with Gasteiger partial charge in [-0.15, -0.1) is 0 Å². The number of hydrogen-bond acceptors (Lipinski definition) is 2. The second-order valence-corrected chi connectivity index (χ2v) is 3.57. The largest absolute Gasteiger partial charge is 0.338 e. The number of rotatable bonds is 2. The van der Waals surface area contributed by atoms with Crippen LogP contribution in [-0.4, -0.2) is 29.9 Å². The summed E-state index contributed by atoms with van der Waals surface area (Å²) in [4.78, 5) is 13.4. The van der Waals surface area contributed by atoms with Crippen LogP contribution in [0.4, 0.5) is 0 Å². The average molecular weight is 194 g/mol. The third kappa shape index (κ3) is 3.34. The van der Waals surface area contributed by atoms with Gasteiger partial charge >= 0.3 is 0 Å². The molecule has 0 aromatic rings. The van der Waals surface area contributed by atoms with Gasteiger partial charge < -0.3 is 10.6 Å². The highest BCUT2D eigenvalue weighted by atomic mass is 16.2. The Labute approximate surface area is 85.3 Å². The molecule has 0 radical (unpaired) electrons. The zero-order valence-electron chi connectivity index (χ0n) is 8.65. The highest BCUT2D eigenvalue weighted by Gasteiger charge is 2.18. The van der Waals surface area contributed by atoms with E-state index in [1.165, 1.54) is 0 Å². The van der Waals surface area contributed by atoms with E-state index in [0.29, 0.717) is 6.54 Å². The van der Waals surface area contributed by atoms with Crippen molar-refractivity contribution in [1.29, 1.82) is 0 Å². The van der Waals surface area contributed by atoms with Crippen LogP contribution in [0.3, 0.4) is 0 Å². The minimum atomic E-state index is 0.0678. The minimum Gasteiger partial charge on any atom is -0.338 e. The summed E-state index contributed by atoms with van der Waals surface area (Å²) in [5.41, 5.74) is 5.79. The topological polar surface area (TPSA) is 46.3 Å². The summed E-state index contributed by atoms with van der Waals surface area (Å²) < 4.78 is 0. The van der Waals surface area contributed by atoms with Crippen LogP contribution in [0.5, 0.6) is 0 Å². The fourth-order valence-corrected chi connectivity index (χ4v) is 1.56. The maximum Gasteiger partial charge on any atom is 0.246 e. The van der Waals surface area contributed by atoms with Crippen molar-refractivity contribution in [1.82, 2.24) is 4.90 Å². The van der Waals surface area contributed by atoms with E-state index in [0.717, 1.165) is 19.4 Å². The number of amides is 1. The number of likely N-dealkylation sites (tertiary alicyclic amines) is 1. The van der Waals surface area contributed by atoms with E-state index >= 15 is 0 Å². The van der Waals surface area contributed by atoms with E-state index in [9.17, 15) is 4.79 Å². The van der Waals surface area contributed by atoms with Crippen molar-refractivity contribution in [2.24, 2.45) is 5.73 Å². The lowest BCUT2D eigenvalue weighted by Gasteiger charge is -2.29. The Hall–Kier alpha value is -1.09. The molecule has 1 rings (SSSR count). The van der Waals surface area contributed by atoms with Gasteiger partial charge in [-0.05, 0) is 19.8 Å². The molecule has 1 heterocycles. The van der Waals surface area contributed by atoms with Gasteiger partial charge in [0.15, 0.2) is 0 Å². The van der Waals surface area contributed by atoms with Gasteiger partial charge in [0.05, 0.1) is 0 Å². The van der Waals surface area contributed by atoms with Crippen molar-refractivity contribution < 1.29 is 4.79 Å². The SMILES string of the molecule is CC=CC=CC(=O)N1CCC[C@@H](N)C1. The van der Waals surface area contributed by atoms with Crippen molar-refractivity contribution >= 4 is 5.91 Å². The molecular weight excluding hydrogens is 176 g/mol. The molecule has 0 unspecified atom stereocenters. The van der Waals surface area contributed by atoms with Gasteiger partial charge in [0.1, 0.15) is 0 Å². The number of carbonyl (C=O) groups is 1.